The number of aromatic nitrogens is 4. The van der Waals surface area contributed by atoms with E-state index in [4.69, 9.17) is 0 Å². The molecule has 9 aromatic carbocycles. The third-order valence-corrected chi connectivity index (χ3v) is 13.8. The molecule has 4 heteroatoms. The molecule has 0 N–H and O–H groups in total. The number of aryl methyl sites for hydroxylation is 2. The summed E-state index contributed by atoms with van der Waals surface area (Å²) in [6, 6.07) is 63.9. The van der Waals surface area contributed by atoms with Gasteiger partial charge in [0.05, 0.1) is 55.2 Å². The van der Waals surface area contributed by atoms with Crippen molar-refractivity contribution in [2.24, 2.45) is 0 Å². The number of benzene rings is 9. The van der Waals surface area contributed by atoms with Crippen molar-refractivity contribution in [1.29, 1.82) is 0 Å². The van der Waals surface area contributed by atoms with Crippen molar-refractivity contribution >= 4 is 120 Å². The molecule has 4 nitrogen and oxygen atoms in total. The van der Waals surface area contributed by atoms with Crippen LogP contribution in [0, 0.1) is 13.8 Å². The number of hydrogen-bond donors (Lipinski definition) is 0. The molecular weight excluding hydrogens is 729 g/mol. The lowest BCUT2D eigenvalue weighted by Crippen LogP contribution is -1.94. The third kappa shape index (κ3) is 3.58. The average Bonchev–Trinajstić information content (AvgIpc) is 4.10. The lowest BCUT2D eigenvalue weighted by atomic mass is 9.99. The minimum Gasteiger partial charge on any atom is -0.309 e. The molecule has 0 aliphatic heterocycles. The van der Waals surface area contributed by atoms with Gasteiger partial charge in [-0.3, -0.25) is 0 Å². The fourth-order valence-electron chi connectivity index (χ4n) is 11.6. The predicted molar refractivity (Wildman–Crippen MR) is 254 cm³/mol. The first-order valence-electron chi connectivity index (χ1n) is 20.9. The highest BCUT2D eigenvalue weighted by Gasteiger charge is 2.28. The maximum atomic E-state index is 2.57. The van der Waals surface area contributed by atoms with Gasteiger partial charge in [-0.2, -0.15) is 0 Å². The van der Waals surface area contributed by atoms with Gasteiger partial charge in [0, 0.05) is 76.0 Å². The highest BCUT2D eigenvalue weighted by Crippen LogP contribution is 2.51. The van der Waals surface area contributed by atoms with Crippen LogP contribution in [0.15, 0.2) is 170 Å². The second-order valence-corrected chi connectivity index (χ2v) is 17.1. The molecule has 0 aliphatic rings. The van der Waals surface area contributed by atoms with E-state index in [1.54, 1.807) is 0 Å². The Morgan fingerprint density at radius 2 is 0.683 bits per heavy atom. The van der Waals surface area contributed by atoms with Gasteiger partial charge in [-0.05, 0) is 97.8 Å². The van der Waals surface area contributed by atoms with Gasteiger partial charge in [-0.1, -0.05) is 97.1 Å². The van der Waals surface area contributed by atoms with Gasteiger partial charge in [0.2, 0.25) is 0 Å². The molecule has 0 unspecified atom stereocenters. The summed E-state index contributed by atoms with van der Waals surface area (Å²) in [6.07, 6.45) is 0. The molecule has 6 heterocycles. The normalized spacial score (nSPS) is 12.8. The predicted octanol–water partition coefficient (Wildman–Crippen LogP) is 14.8. The van der Waals surface area contributed by atoms with Crippen LogP contribution in [-0.4, -0.2) is 17.9 Å². The van der Waals surface area contributed by atoms with E-state index in [1.165, 1.54) is 142 Å². The molecule has 0 bridgehead atoms. The molecule has 0 spiro atoms. The fraction of sp³-hybridized carbons (Fsp3) is 0.0357. The first-order chi connectivity index (χ1) is 29.6. The summed E-state index contributed by atoms with van der Waals surface area (Å²) in [5.41, 5.74) is 17.4. The SMILES string of the molecule is Cc1cccc(-n2c3ccccc3c3c4c5cc6c7c8c9ccccc9n(-c9cccc(C)c9)c8cc8c9ccccc9n(c6cc5n5c6ccccc6c(cc32)c45)c87)c1. The van der Waals surface area contributed by atoms with Crippen LogP contribution in [0.3, 0.4) is 0 Å². The van der Waals surface area contributed by atoms with Crippen LogP contribution in [-0.2, 0) is 0 Å². The Hall–Kier alpha value is -7.82. The van der Waals surface area contributed by atoms with Crippen molar-refractivity contribution in [2.75, 3.05) is 0 Å². The summed E-state index contributed by atoms with van der Waals surface area (Å²) >= 11 is 0. The average molecular weight is 763 g/mol. The first kappa shape index (κ1) is 31.2. The van der Waals surface area contributed by atoms with Gasteiger partial charge in [0.15, 0.2) is 0 Å². The molecule has 278 valence electrons. The smallest absolute Gasteiger partial charge is 0.0628 e. The van der Waals surface area contributed by atoms with Crippen molar-refractivity contribution in [1.82, 2.24) is 17.9 Å². The summed E-state index contributed by atoms with van der Waals surface area (Å²) in [5, 5.41) is 15.6. The van der Waals surface area contributed by atoms with Crippen LogP contribution in [0.1, 0.15) is 11.1 Å². The third-order valence-electron chi connectivity index (χ3n) is 13.8. The van der Waals surface area contributed by atoms with Crippen LogP contribution < -0.4 is 0 Å². The van der Waals surface area contributed by atoms with Crippen LogP contribution in [0.4, 0.5) is 0 Å². The first-order valence-corrected chi connectivity index (χ1v) is 20.9. The van der Waals surface area contributed by atoms with E-state index in [9.17, 15) is 0 Å². The van der Waals surface area contributed by atoms with E-state index in [0.29, 0.717) is 0 Å². The molecule has 0 atom stereocenters. The van der Waals surface area contributed by atoms with Gasteiger partial charge in [0.1, 0.15) is 0 Å². The molecular formula is C56H34N4. The van der Waals surface area contributed by atoms with Crippen molar-refractivity contribution in [3.63, 3.8) is 0 Å². The molecule has 6 aromatic heterocycles. The summed E-state index contributed by atoms with van der Waals surface area (Å²) in [6.45, 7) is 4.38. The van der Waals surface area contributed by atoms with E-state index >= 15 is 0 Å². The largest absolute Gasteiger partial charge is 0.309 e. The van der Waals surface area contributed by atoms with Gasteiger partial charge in [0.25, 0.3) is 0 Å². The monoisotopic (exact) mass is 762 g/mol. The van der Waals surface area contributed by atoms with Crippen molar-refractivity contribution in [3.05, 3.63) is 181 Å². The topological polar surface area (TPSA) is 18.7 Å². The maximum Gasteiger partial charge on any atom is 0.0628 e. The molecule has 0 saturated carbocycles. The van der Waals surface area contributed by atoms with E-state index in [2.05, 4.69) is 202 Å². The lowest BCUT2D eigenvalue weighted by molar-refractivity contribution is 1.17. The number of para-hydroxylation sites is 4. The Morgan fingerprint density at radius 3 is 1.13 bits per heavy atom. The van der Waals surface area contributed by atoms with Crippen LogP contribution in [0.5, 0.6) is 0 Å². The van der Waals surface area contributed by atoms with Crippen molar-refractivity contribution < 1.29 is 0 Å². The quantitative estimate of drug-likeness (QED) is 0.167. The summed E-state index contributed by atoms with van der Waals surface area (Å²) in [7, 11) is 0. The minimum absolute atomic E-state index is 1.19. The Kier molecular flexibility index (Phi) is 5.52. The van der Waals surface area contributed by atoms with E-state index in [-0.39, 0.29) is 0 Å². The molecule has 0 amide bonds. The molecule has 15 aromatic rings. The van der Waals surface area contributed by atoms with Crippen molar-refractivity contribution in [3.8, 4) is 11.4 Å². The Labute approximate surface area is 342 Å². The summed E-state index contributed by atoms with van der Waals surface area (Å²) in [4.78, 5) is 0. The second kappa shape index (κ2) is 10.6. The number of rotatable bonds is 2. The van der Waals surface area contributed by atoms with Crippen LogP contribution in [0.2, 0.25) is 0 Å². The minimum atomic E-state index is 1.19. The Morgan fingerprint density at radius 1 is 0.267 bits per heavy atom. The number of fused-ring (bicyclic) bond motifs is 20. The van der Waals surface area contributed by atoms with E-state index in [0.717, 1.165) is 0 Å². The zero-order valence-corrected chi connectivity index (χ0v) is 33.0. The van der Waals surface area contributed by atoms with Gasteiger partial charge in [-0.15, -0.1) is 0 Å². The van der Waals surface area contributed by atoms with Gasteiger partial charge < -0.3 is 17.9 Å². The molecule has 60 heavy (non-hydrogen) atoms. The van der Waals surface area contributed by atoms with E-state index in [1.807, 2.05) is 0 Å². The zero-order chi connectivity index (χ0) is 39.1. The van der Waals surface area contributed by atoms with Crippen molar-refractivity contribution in [2.45, 2.75) is 13.8 Å². The lowest BCUT2D eigenvalue weighted by Gasteiger charge is -2.09. The van der Waals surface area contributed by atoms with Gasteiger partial charge >= 0.3 is 0 Å². The fourth-order valence-corrected chi connectivity index (χ4v) is 11.6. The number of hydrogen-bond acceptors (Lipinski definition) is 0. The highest BCUT2D eigenvalue weighted by molar-refractivity contribution is 6.40. The highest BCUT2D eigenvalue weighted by atomic mass is 15.0. The molecule has 0 saturated heterocycles. The second-order valence-electron chi connectivity index (χ2n) is 17.1. The molecule has 0 radical (unpaired) electrons. The van der Waals surface area contributed by atoms with Gasteiger partial charge in [-0.25, -0.2) is 0 Å². The molecule has 15 rings (SSSR count). The Bertz CT molecular complexity index is 4100. The molecule has 0 fully saturated rings. The number of nitrogens with zero attached hydrogens (tertiary/aromatic N) is 4. The Balaban J connectivity index is 1.22. The maximum absolute atomic E-state index is 2.57. The zero-order valence-electron chi connectivity index (χ0n) is 33.0. The van der Waals surface area contributed by atoms with E-state index < -0.39 is 0 Å². The van der Waals surface area contributed by atoms with Crippen LogP contribution in [0.25, 0.3) is 131 Å². The molecule has 0 aliphatic carbocycles. The summed E-state index contributed by atoms with van der Waals surface area (Å²) in [5.74, 6) is 0. The standard InChI is InChI=1S/C56H34N4/c1-31-13-11-15-33(25-31)57-45-23-9-5-19-37(45)51-49(57)28-39-35-17-3-7-21-43(35)59-47-30-48-42(27-41(47)53(51)55(39)59)54-52-38-20-6-10-24-46(38)58(34-16-12-14-32(2)26-34)50(52)29-40-36-18-4-8-22-44(36)60(48)56(40)54/h3-30H,1-2H3. The summed E-state index contributed by atoms with van der Waals surface area (Å²) < 4.78 is 10.1. The van der Waals surface area contributed by atoms with Crippen LogP contribution >= 0.6 is 0 Å².